The van der Waals surface area contributed by atoms with Gasteiger partial charge in [-0.2, -0.15) is 11.8 Å². The Morgan fingerprint density at radius 1 is 1.37 bits per heavy atom. The van der Waals surface area contributed by atoms with Crippen molar-refractivity contribution in [3.05, 3.63) is 35.4 Å². The van der Waals surface area contributed by atoms with Crippen molar-refractivity contribution in [1.82, 2.24) is 5.32 Å². The minimum atomic E-state index is -0.613. The molecule has 0 fully saturated rings. The van der Waals surface area contributed by atoms with E-state index in [2.05, 4.69) is 5.32 Å². The Labute approximate surface area is 115 Å². The number of benzene rings is 1. The third-order valence-corrected chi connectivity index (χ3v) is 3.25. The first kappa shape index (κ1) is 15.9. The summed E-state index contributed by atoms with van der Waals surface area (Å²) >= 11 is 1.63. The Bertz CT molecular complexity index is 409. The maximum absolute atomic E-state index is 12.9. The molecule has 0 saturated heterocycles. The predicted molar refractivity (Wildman–Crippen MR) is 74.0 cm³/mol. The predicted octanol–water partition coefficient (Wildman–Crippen LogP) is 1.70. The maximum atomic E-state index is 12.9. The van der Waals surface area contributed by atoms with E-state index < -0.39 is 17.7 Å². The Morgan fingerprint density at radius 3 is 2.58 bits per heavy atom. The van der Waals surface area contributed by atoms with Gasteiger partial charge in [-0.25, -0.2) is 8.78 Å². The highest BCUT2D eigenvalue weighted by molar-refractivity contribution is 7.98. The van der Waals surface area contributed by atoms with Gasteiger partial charge in [0.1, 0.15) is 11.6 Å². The number of nitrogens with one attached hydrogen (secondary N) is 1. The van der Waals surface area contributed by atoms with Crippen LogP contribution in [0, 0.1) is 11.6 Å². The third kappa shape index (κ3) is 6.02. The Kier molecular flexibility index (Phi) is 6.80. The Balaban J connectivity index is 2.35. The lowest BCUT2D eigenvalue weighted by Crippen LogP contribution is -2.41. The van der Waals surface area contributed by atoms with Crippen molar-refractivity contribution in [3.8, 4) is 0 Å². The molecule has 0 radical (unpaired) electrons. The lowest BCUT2D eigenvalue weighted by atomic mass is 10.1. The first-order valence-corrected chi connectivity index (χ1v) is 7.39. The number of hydrogen-bond donors (Lipinski definition) is 2. The summed E-state index contributed by atoms with van der Waals surface area (Å²) in [6, 6.07) is 2.79. The molecule has 0 spiro atoms. The van der Waals surface area contributed by atoms with E-state index in [0.29, 0.717) is 24.9 Å². The van der Waals surface area contributed by atoms with Crippen LogP contribution in [0.25, 0.3) is 0 Å². The monoisotopic (exact) mass is 288 g/mol. The van der Waals surface area contributed by atoms with Gasteiger partial charge in [0.05, 0.1) is 6.04 Å². The van der Waals surface area contributed by atoms with E-state index in [-0.39, 0.29) is 5.91 Å². The second kappa shape index (κ2) is 8.12. The van der Waals surface area contributed by atoms with Crippen molar-refractivity contribution in [2.75, 3.05) is 18.6 Å². The molecule has 0 aliphatic carbocycles. The molecule has 1 aromatic rings. The standard InChI is InChI=1S/C13H18F2N2OS/c1-19-5-3-12(16)13(18)17-4-2-9-6-10(14)8-11(15)7-9/h6-8,12H,2-5,16H2,1H3,(H,17,18)/t12-/m0/s1. The number of hydrogen-bond acceptors (Lipinski definition) is 3. The fourth-order valence-corrected chi connectivity index (χ4v) is 2.08. The van der Waals surface area contributed by atoms with Gasteiger partial charge in [-0.05, 0) is 42.5 Å². The highest BCUT2D eigenvalue weighted by atomic mass is 32.2. The van der Waals surface area contributed by atoms with Crippen LogP contribution in [0.5, 0.6) is 0 Å². The lowest BCUT2D eigenvalue weighted by molar-refractivity contribution is -0.122. The quantitative estimate of drug-likeness (QED) is 0.803. The second-order valence-electron chi connectivity index (χ2n) is 4.21. The first-order valence-electron chi connectivity index (χ1n) is 6.00. The molecule has 0 aliphatic heterocycles. The molecule has 3 N–H and O–H groups in total. The van der Waals surface area contributed by atoms with Crippen LogP contribution in [0.15, 0.2) is 18.2 Å². The summed E-state index contributed by atoms with van der Waals surface area (Å²) in [5, 5.41) is 2.66. The zero-order valence-electron chi connectivity index (χ0n) is 10.8. The molecule has 0 bridgehead atoms. The molecular weight excluding hydrogens is 270 g/mol. The van der Waals surface area contributed by atoms with E-state index in [1.165, 1.54) is 12.1 Å². The molecule has 0 unspecified atom stereocenters. The number of halogens is 2. The number of rotatable bonds is 7. The van der Waals surface area contributed by atoms with Crippen molar-refractivity contribution in [3.63, 3.8) is 0 Å². The zero-order valence-corrected chi connectivity index (χ0v) is 11.6. The number of amides is 1. The number of carbonyl (C=O) groups excluding carboxylic acids is 1. The molecular formula is C13H18F2N2OS. The Morgan fingerprint density at radius 2 is 2.00 bits per heavy atom. The molecule has 1 amide bonds. The van der Waals surface area contributed by atoms with E-state index in [9.17, 15) is 13.6 Å². The van der Waals surface area contributed by atoms with Gasteiger partial charge in [0, 0.05) is 12.6 Å². The minimum absolute atomic E-state index is 0.231. The molecule has 0 saturated carbocycles. The van der Waals surface area contributed by atoms with Crippen molar-refractivity contribution >= 4 is 17.7 Å². The van der Waals surface area contributed by atoms with Crippen LogP contribution in [0.3, 0.4) is 0 Å². The van der Waals surface area contributed by atoms with Gasteiger partial charge in [-0.1, -0.05) is 0 Å². The van der Waals surface area contributed by atoms with Crippen LogP contribution >= 0.6 is 11.8 Å². The van der Waals surface area contributed by atoms with Gasteiger partial charge >= 0.3 is 0 Å². The van der Waals surface area contributed by atoms with E-state index in [1.807, 2.05) is 6.26 Å². The van der Waals surface area contributed by atoms with Crippen LogP contribution < -0.4 is 11.1 Å². The summed E-state index contributed by atoms with van der Waals surface area (Å²) in [4.78, 5) is 11.6. The van der Waals surface area contributed by atoms with Gasteiger partial charge in [-0.15, -0.1) is 0 Å². The fraction of sp³-hybridized carbons (Fsp3) is 0.462. The van der Waals surface area contributed by atoms with Crippen molar-refractivity contribution in [1.29, 1.82) is 0 Å². The average Bonchev–Trinajstić information content (AvgIpc) is 2.34. The lowest BCUT2D eigenvalue weighted by Gasteiger charge is -2.11. The molecule has 1 atom stereocenters. The normalized spacial score (nSPS) is 12.2. The van der Waals surface area contributed by atoms with Crippen LogP contribution in [0.4, 0.5) is 8.78 Å². The summed E-state index contributed by atoms with van der Waals surface area (Å²) in [7, 11) is 0. The number of nitrogens with two attached hydrogens (primary N) is 1. The maximum Gasteiger partial charge on any atom is 0.236 e. The molecule has 0 aromatic heterocycles. The minimum Gasteiger partial charge on any atom is -0.354 e. The topological polar surface area (TPSA) is 55.1 Å². The van der Waals surface area contributed by atoms with Gasteiger partial charge in [0.2, 0.25) is 5.91 Å². The number of thioether (sulfide) groups is 1. The zero-order chi connectivity index (χ0) is 14.3. The van der Waals surface area contributed by atoms with Gasteiger partial charge in [0.25, 0.3) is 0 Å². The smallest absolute Gasteiger partial charge is 0.236 e. The van der Waals surface area contributed by atoms with Crippen LogP contribution in [-0.4, -0.2) is 30.5 Å². The molecule has 0 aliphatic rings. The molecule has 1 aromatic carbocycles. The molecule has 1 rings (SSSR count). The van der Waals surface area contributed by atoms with E-state index >= 15 is 0 Å². The van der Waals surface area contributed by atoms with Crippen LogP contribution in [0.2, 0.25) is 0 Å². The Hall–Kier alpha value is -1.14. The third-order valence-electron chi connectivity index (χ3n) is 2.60. The van der Waals surface area contributed by atoms with Crippen molar-refractivity contribution < 1.29 is 13.6 Å². The molecule has 3 nitrogen and oxygen atoms in total. The second-order valence-corrected chi connectivity index (χ2v) is 5.19. The molecule has 19 heavy (non-hydrogen) atoms. The van der Waals surface area contributed by atoms with E-state index in [4.69, 9.17) is 5.73 Å². The highest BCUT2D eigenvalue weighted by Gasteiger charge is 2.12. The highest BCUT2D eigenvalue weighted by Crippen LogP contribution is 2.08. The summed E-state index contributed by atoms with van der Waals surface area (Å²) in [5.41, 5.74) is 6.20. The largest absolute Gasteiger partial charge is 0.354 e. The van der Waals surface area contributed by atoms with E-state index in [0.717, 1.165) is 11.8 Å². The van der Waals surface area contributed by atoms with Gasteiger partial charge in [-0.3, -0.25) is 4.79 Å². The van der Waals surface area contributed by atoms with Crippen LogP contribution in [0.1, 0.15) is 12.0 Å². The average molecular weight is 288 g/mol. The molecule has 6 heteroatoms. The summed E-state index contributed by atoms with van der Waals surface area (Å²) in [6.45, 7) is 0.314. The molecule has 106 valence electrons. The van der Waals surface area contributed by atoms with Gasteiger partial charge in [0.15, 0.2) is 0 Å². The summed E-state index contributed by atoms with van der Waals surface area (Å²) in [5.74, 6) is -0.633. The number of carbonyl (C=O) groups is 1. The fourth-order valence-electron chi connectivity index (χ4n) is 1.59. The van der Waals surface area contributed by atoms with E-state index in [1.54, 1.807) is 11.8 Å². The SMILES string of the molecule is CSCC[C@H](N)C(=O)NCCc1cc(F)cc(F)c1. The summed E-state index contributed by atoms with van der Waals surface area (Å²) < 4.78 is 25.9. The van der Waals surface area contributed by atoms with Crippen molar-refractivity contribution in [2.45, 2.75) is 18.9 Å². The first-order chi connectivity index (χ1) is 9.02. The molecule has 0 heterocycles. The van der Waals surface area contributed by atoms with Gasteiger partial charge < -0.3 is 11.1 Å². The summed E-state index contributed by atoms with van der Waals surface area (Å²) in [6.07, 6.45) is 2.93. The van der Waals surface area contributed by atoms with Crippen LogP contribution in [-0.2, 0) is 11.2 Å². The van der Waals surface area contributed by atoms with Crippen molar-refractivity contribution in [2.24, 2.45) is 5.73 Å².